The highest BCUT2D eigenvalue weighted by molar-refractivity contribution is 5.31. The van der Waals surface area contributed by atoms with Gasteiger partial charge in [-0.2, -0.15) is 0 Å². The fourth-order valence-electron chi connectivity index (χ4n) is 2.31. The lowest BCUT2D eigenvalue weighted by Crippen LogP contribution is -2.16. The van der Waals surface area contributed by atoms with Crippen LogP contribution in [0, 0.1) is 6.92 Å². The van der Waals surface area contributed by atoms with E-state index in [1.165, 1.54) is 5.56 Å². The third-order valence-electron chi connectivity index (χ3n) is 2.87. The third kappa shape index (κ3) is 1.93. The van der Waals surface area contributed by atoms with Crippen LogP contribution in [0.2, 0.25) is 0 Å². The molecule has 1 aliphatic rings. The summed E-state index contributed by atoms with van der Waals surface area (Å²) in [5.41, 5.74) is 2.30. The maximum atomic E-state index is 5.67. The minimum Gasteiger partial charge on any atom is -0.372 e. The van der Waals surface area contributed by atoms with Crippen LogP contribution in [0.25, 0.3) is 0 Å². The van der Waals surface area contributed by atoms with E-state index in [0.29, 0.717) is 0 Å². The third-order valence-corrected chi connectivity index (χ3v) is 2.87. The summed E-state index contributed by atoms with van der Waals surface area (Å²) in [4.78, 5) is 0. The Balaban J connectivity index is 2.39. The Hall–Kier alpha value is -0.830. The monoisotopic (exact) mass is 209 g/mol. The highest BCUT2D eigenvalue weighted by atomic mass is 16.5. The average Bonchev–Trinajstić information content (AvgIpc) is 2.68. The van der Waals surface area contributed by atoms with Crippen LogP contribution >= 0.6 is 0 Å². The van der Waals surface area contributed by atoms with Gasteiger partial charge in [0.05, 0.1) is 0 Å². The van der Waals surface area contributed by atoms with E-state index in [2.05, 4.69) is 25.9 Å². The Morgan fingerprint density at radius 2 is 2.07 bits per heavy atom. The van der Waals surface area contributed by atoms with Crippen molar-refractivity contribution < 1.29 is 9.26 Å². The minimum atomic E-state index is 0.0748. The van der Waals surface area contributed by atoms with Crippen LogP contribution in [-0.4, -0.2) is 11.8 Å². The van der Waals surface area contributed by atoms with Crippen LogP contribution in [0.4, 0.5) is 0 Å². The summed E-state index contributed by atoms with van der Waals surface area (Å²) >= 11 is 0. The van der Waals surface area contributed by atoms with Crippen LogP contribution < -0.4 is 0 Å². The standard InChI is InChI=1S/C12H19NO2/c1-8-10(12(2,3)4)11(13-15-8)9-6-5-7-14-9/h9H,5-7H2,1-4H3. The number of rotatable bonds is 1. The van der Waals surface area contributed by atoms with Crippen molar-refractivity contribution in [1.82, 2.24) is 5.16 Å². The molecule has 0 amide bonds. The second kappa shape index (κ2) is 3.63. The second-order valence-corrected chi connectivity index (χ2v) is 5.25. The van der Waals surface area contributed by atoms with E-state index in [1.807, 2.05) is 6.92 Å². The normalized spacial score (nSPS) is 22.3. The summed E-state index contributed by atoms with van der Waals surface area (Å²) in [5, 5.41) is 4.16. The largest absolute Gasteiger partial charge is 0.372 e. The van der Waals surface area contributed by atoms with Crippen LogP contribution in [-0.2, 0) is 10.2 Å². The molecule has 0 N–H and O–H groups in total. The van der Waals surface area contributed by atoms with E-state index in [0.717, 1.165) is 30.9 Å². The number of aromatic nitrogens is 1. The molecule has 2 heterocycles. The van der Waals surface area contributed by atoms with Gasteiger partial charge in [0.15, 0.2) is 0 Å². The van der Waals surface area contributed by atoms with E-state index >= 15 is 0 Å². The van der Waals surface area contributed by atoms with Crippen LogP contribution in [0.1, 0.15) is 56.7 Å². The Kier molecular flexibility index (Phi) is 2.59. The molecule has 1 aromatic heterocycles. The smallest absolute Gasteiger partial charge is 0.137 e. The Labute approximate surface area is 90.8 Å². The Morgan fingerprint density at radius 3 is 2.60 bits per heavy atom. The van der Waals surface area contributed by atoms with Crippen molar-refractivity contribution in [2.24, 2.45) is 0 Å². The molecular weight excluding hydrogens is 190 g/mol. The SMILES string of the molecule is Cc1onc(C2CCCO2)c1C(C)(C)C. The van der Waals surface area contributed by atoms with Crippen molar-refractivity contribution >= 4 is 0 Å². The molecule has 1 atom stereocenters. The molecule has 3 nitrogen and oxygen atoms in total. The number of ether oxygens (including phenoxy) is 1. The topological polar surface area (TPSA) is 35.3 Å². The van der Waals surface area contributed by atoms with Crippen molar-refractivity contribution in [2.75, 3.05) is 6.61 Å². The first kappa shape index (κ1) is 10.7. The molecule has 1 fully saturated rings. The lowest BCUT2D eigenvalue weighted by molar-refractivity contribution is 0.104. The summed E-state index contributed by atoms with van der Waals surface area (Å²) in [6, 6.07) is 0. The van der Waals surface area contributed by atoms with Crippen molar-refractivity contribution in [3.63, 3.8) is 0 Å². The number of nitrogens with zero attached hydrogens (tertiary/aromatic N) is 1. The lowest BCUT2D eigenvalue weighted by atomic mass is 9.84. The van der Waals surface area contributed by atoms with Gasteiger partial charge in [0.25, 0.3) is 0 Å². The van der Waals surface area contributed by atoms with E-state index in [-0.39, 0.29) is 11.5 Å². The van der Waals surface area contributed by atoms with Gasteiger partial charge in [0.2, 0.25) is 0 Å². The number of hydrogen-bond acceptors (Lipinski definition) is 3. The molecule has 1 saturated heterocycles. The van der Waals surface area contributed by atoms with Crippen molar-refractivity contribution in [3.8, 4) is 0 Å². The minimum absolute atomic E-state index is 0.0748. The molecule has 1 unspecified atom stereocenters. The maximum absolute atomic E-state index is 5.67. The van der Waals surface area contributed by atoms with Gasteiger partial charge < -0.3 is 9.26 Å². The predicted molar refractivity (Wildman–Crippen MR) is 57.9 cm³/mol. The van der Waals surface area contributed by atoms with E-state index in [1.54, 1.807) is 0 Å². The van der Waals surface area contributed by atoms with Gasteiger partial charge in [-0.05, 0) is 25.2 Å². The summed E-state index contributed by atoms with van der Waals surface area (Å²) in [5.74, 6) is 0.924. The van der Waals surface area contributed by atoms with Gasteiger partial charge >= 0.3 is 0 Å². The van der Waals surface area contributed by atoms with Gasteiger partial charge in [-0.25, -0.2) is 0 Å². The van der Waals surface area contributed by atoms with Gasteiger partial charge in [-0.3, -0.25) is 0 Å². The van der Waals surface area contributed by atoms with E-state index < -0.39 is 0 Å². The fourth-order valence-corrected chi connectivity index (χ4v) is 2.31. The highest BCUT2D eigenvalue weighted by Crippen LogP contribution is 2.37. The molecule has 0 aliphatic carbocycles. The number of hydrogen-bond donors (Lipinski definition) is 0. The molecule has 0 radical (unpaired) electrons. The van der Waals surface area contributed by atoms with Crippen molar-refractivity contribution in [1.29, 1.82) is 0 Å². The van der Waals surface area contributed by atoms with Gasteiger partial charge in [-0.1, -0.05) is 25.9 Å². The molecule has 15 heavy (non-hydrogen) atoms. The first-order valence-electron chi connectivity index (χ1n) is 5.58. The summed E-state index contributed by atoms with van der Waals surface area (Å²) < 4.78 is 11.0. The highest BCUT2D eigenvalue weighted by Gasteiger charge is 2.31. The Morgan fingerprint density at radius 1 is 1.33 bits per heavy atom. The predicted octanol–water partition coefficient (Wildman–Crippen LogP) is 3.13. The molecule has 2 rings (SSSR count). The zero-order valence-corrected chi connectivity index (χ0v) is 9.96. The number of aryl methyl sites for hydroxylation is 1. The lowest BCUT2D eigenvalue weighted by Gasteiger charge is -2.20. The first-order chi connectivity index (χ1) is 7.00. The molecule has 1 aromatic rings. The zero-order chi connectivity index (χ0) is 11.1. The fraction of sp³-hybridized carbons (Fsp3) is 0.750. The molecule has 0 saturated carbocycles. The van der Waals surface area contributed by atoms with Gasteiger partial charge in [0, 0.05) is 12.2 Å². The average molecular weight is 209 g/mol. The zero-order valence-electron chi connectivity index (χ0n) is 9.96. The van der Waals surface area contributed by atoms with E-state index in [9.17, 15) is 0 Å². The van der Waals surface area contributed by atoms with Crippen LogP contribution in [0.5, 0.6) is 0 Å². The van der Waals surface area contributed by atoms with Crippen LogP contribution in [0.3, 0.4) is 0 Å². The quantitative estimate of drug-likeness (QED) is 0.712. The Bertz CT molecular complexity index is 343. The molecule has 0 aromatic carbocycles. The van der Waals surface area contributed by atoms with Gasteiger partial charge in [0.1, 0.15) is 17.6 Å². The molecule has 84 valence electrons. The maximum Gasteiger partial charge on any atom is 0.137 e. The molecular formula is C12H19NO2. The first-order valence-corrected chi connectivity index (χ1v) is 5.58. The molecule has 0 bridgehead atoms. The van der Waals surface area contributed by atoms with Gasteiger partial charge in [-0.15, -0.1) is 0 Å². The molecule has 1 aliphatic heterocycles. The van der Waals surface area contributed by atoms with E-state index in [4.69, 9.17) is 9.26 Å². The second-order valence-electron chi connectivity index (χ2n) is 5.25. The summed E-state index contributed by atoms with van der Waals surface area (Å²) in [6.07, 6.45) is 2.34. The summed E-state index contributed by atoms with van der Waals surface area (Å²) in [6.45, 7) is 9.38. The summed E-state index contributed by atoms with van der Waals surface area (Å²) in [7, 11) is 0. The van der Waals surface area contributed by atoms with Crippen molar-refractivity contribution in [2.45, 2.75) is 52.1 Å². The molecule has 0 spiro atoms. The van der Waals surface area contributed by atoms with Crippen LogP contribution in [0.15, 0.2) is 4.52 Å². The van der Waals surface area contributed by atoms with Crippen molar-refractivity contribution in [3.05, 3.63) is 17.0 Å². The molecule has 3 heteroatoms.